The highest BCUT2D eigenvalue weighted by Crippen LogP contribution is 2.24. The van der Waals surface area contributed by atoms with Gasteiger partial charge in [0.1, 0.15) is 5.39 Å². The zero-order valence-corrected chi connectivity index (χ0v) is 23.8. The molecule has 0 unspecified atom stereocenters. The van der Waals surface area contributed by atoms with Gasteiger partial charge in [0, 0.05) is 63.0 Å². The number of aldehydes is 1. The second-order valence-corrected chi connectivity index (χ2v) is 10.3. The molecule has 1 aromatic carbocycles. The number of halogens is 2. The van der Waals surface area contributed by atoms with Gasteiger partial charge in [-0.25, -0.2) is 23.1 Å². The number of likely N-dealkylation sites (N-methyl/N-ethyl adjacent to an activating group) is 1. The first kappa shape index (κ1) is 29.7. The maximum absolute atomic E-state index is 13.6. The standard InChI is InChI=1S/C29H36F2N8O2/c1-6-11-38-28(41)25-17-32-29(33-22-7-9-23(10-8-22)37-14-12-35(4)13-15-37)34-27(25)39(38)24(18-36(5)20(2)3)16-21(19-40)26(30)31/h6-10,16-20,26H,1,11-15H2,2-5H3,(H,32,33,34)/b21-16+,24-18+. The van der Waals surface area contributed by atoms with Crippen molar-refractivity contribution in [3.8, 4) is 0 Å². The first-order valence-electron chi connectivity index (χ1n) is 13.4. The highest BCUT2D eigenvalue weighted by Gasteiger charge is 2.21. The molecule has 1 aliphatic heterocycles. The van der Waals surface area contributed by atoms with Crippen molar-refractivity contribution in [2.75, 3.05) is 50.5 Å². The highest BCUT2D eigenvalue weighted by atomic mass is 19.3. The van der Waals surface area contributed by atoms with Crippen molar-refractivity contribution in [2.24, 2.45) is 0 Å². The number of alkyl halides is 2. The Hall–Kier alpha value is -4.32. The normalized spacial score (nSPS) is 15.2. The number of nitrogens with one attached hydrogen (secondary N) is 1. The summed E-state index contributed by atoms with van der Waals surface area (Å²) < 4.78 is 30.0. The number of anilines is 3. The van der Waals surface area contributed by atoms with E-state index >= 15 is 0 Å². The fourth-order valence-electron chi connectivity index (χ4n) is 4.42. The molecule has 0 aliphatic carbocycles. The van der Waals surface area contributed by atoms with E-state index < -0.39 is 17.6 Å². The van der Waals surface area contributed by atoms with Crippen LogP contribution in [0.25, 0.3) is 16.7 Å². The molecule has 0 saturated carbocycles. The minimum atomic E-state index is -3.00. The largest absolute Gasteiger partial charge is 0.376 e. The molecule has 4 rings (SSSR count). The van der Waals surface area contributed by atoms with Crippen molar-refractivity contribution in [3.05, 3.63) is 71.3 Å². The van der Waals surface area contributed by atoms with Crippen LogP contribution in [-0.2, 0) is 11.3 Å². The van der Waals surface area contributed by atoms with Gasteiger partial charge in [-0.15, -0.1) is 6.58 Å². The Labute approximate surface area is 237 Å². The van der Waals surface area contributed by atoms with E-state index in [2.05, 4.69) is 38.7 Å². The van der Waals surface area contributed by atoms with Gasteiger partial charge >= 0.3 is 0 Å². The molecule has 2 aromatic heterocycles. The molecule has 0 atom stereocenters. The lowest BCUT2D eigenvalue weighted by atomic mass is 10.2. The van der Waals surface area contributed by atoms with E-state index in [4.69, 9.17) is 0 Å². The Morgan fingerprint density at radius 1 is 1.17 bits per heavy atom. The van der Waals surface area contributed by atoms with E-state index in [-0.39, 0.29) is 41.6 Å². The fourth-order valence-corrected chi connectivity index (χ4v) is 4.42. The Morgan fingerprint density at radius 3 is 2.44 bits per heavy atom. The van der Waals surface area contributed by atoms with Crippen LogP contribution >= 0.6 is 0 Å². The van der Waals surface area contributed by atoms with Crippen molar-refractivity contribution >= 4 is 40.3 Å². The van der Waals surface area contributed by atoms with E-state index in [9.17, 15) is 18.4 Å². The monoisotopic (exact) mass is 566 g/mol. The summed E-state index contributed by atoms with van der Waals surface area (Å²) in [6.07, 6.45) is 2.71. The smallest absolute Gasteiger partial charge is 0.278 e. The van der Waals surface area contributed by atoms with Gasteiger partial charge in [-0.3, -0.25) is 9.59 Å². The molecule has 0 bridgehead atoms. The number of carbonyl (C=O) groups is 1. The van der Waals surface area contributed by atoms with Crippen LogP contribution in [-0.4, -0.2) is 88.2 Å². The highest BCUT2D eigenvalue weighted by molar-refractivity contribution is 5.84. The van der Waals surface area contributed by atoms with E-state index in [1.807, 2.05) is 38.1 Å². The summed E-state index contributed by atoms with van der Waals surface area (Å²) >= 11 is 0. The van der Waals surface area contributed by atoms with Crippen LogP contribution in [0.1, 0.15) is 13.8 Å². The van der Waals surface area contributed by atoms with Gasteiger partial charge in [0.2, 0.25) is 5.95 Å². The molecule has 0 radical (unpaired) electrons. The minimum absolute atomic E-state index is 0.00621. The van der Waals surface area contributed by atoms with Crippen LogP contribution in [0.15, 0.2) is 65.8 Å². The van der Waals surface area contributed by atoms with Gasteiger partial charge < -0.3 is 20.0 Å². The van der Waals surface area contributed by atoms with Crippen molar-refractivity contribution in [1.29, 1.82) is 0 Å². The number of fused-ring (bicyclic) bond motifs is 1. The second kappa shape index (κ2) is 12.9. The Kier molecular flexibility index (Phi) is 9.33. The maximum atomic E-state index is 13.6. The topological polar surface area (TPSA) is 91.5 Å². The molecule has 10 nitrogen and oxygen atoms in total. The lowest BCUT2D eigenvalue weighted by Crippen LogP contribution is -2.44. The summed E-state index contributed by atoms with van der Waals surface area (Å²) in [6.45, 7) is 11.6. The van der Waals surface area contributed by atoms with Crippen LogP contribution in [0.5, 0.6) is 0 Å². The van der Waals surface area contributed by atoms with Crippen molar-refractivity contribution in [3.63, 3.8) is 0 Å². The fraction of sp³-hybridized carbons (Fsp3) is 0.379. The third kappa shape index (κ3) is 6.71. The Morgan fingerprint density at radius 2 is 1.85 bits per heavy atom. The number of carbonyl (C=O) groups excluding carboxylic acids is 1. The number of hydrogen-bond donors (Lipinski definition) is 1. The quantitative estimate of drug-likeness (QED) is 0.162. The molecule has 1 aliphatic rings. The summed E-state index contributed by atoms with van der Waals surface area (Å²) in [4.78, 5) is 40.2. The molecule has 12 heteroatoms. The van der Waals surface area contributed by atoms with Crippen molar-refractivity contribution in [1.82, 2.24) is 29.1 Å². The summed E-state index contributed by atoms with van der Waals surface area (Å²) in [6, 6.07) is 7.93. The van der Waals surface area contributed by atoms with E-state index in [0.29, 0.717) is 0 Å². The predicted molar refractivity (Wildman–Crippen MR) is 159 cm³/mol. The molecule has 3 aromatic rings. The van der Waals surface area contributed by atoms with Crippen LogP contribution in [0.3, 0.4) is 0 Å². The van der Waals surface area contributed by atoms with E-state index in [1.165, 1.54) is 21.6 Å². The lowest BCUT2D eigenvalue weighted by Gasteiger charge is -2.34. The van der Waals surface area contributed by atoms with E-state index in [1.54, 1.807) is 18.1 Å². The van der Waals surface area contributed by atoms with E-state index in [0.717, 1.165) is 43.6 Å². The lowest BCUT2D eigenvalue weighted by molar-refractivity contribution is -0.106. The summed E-state index contributed by atoms with van der Waals surface area (Å²) in [5.74, 6) is 0.222. The molecule has 3 heterocycles. The molecule has 41 heavy (non-hydrogen) atoms. The first-order chi connectivity index (χ1) is 19.6. The average molecular weight is 567 g/mol. The van der Waals surface area contributed by atoms with Gasteiger partial charge in [-0.05, 0) is 51.2 Å². The van der Waals surface area contributed by atoms with Crippen LogP contribution in [0.4, 0.5) is 26.1 Å². The van der Waals surface area contributed by atoms with Crippen LogP contribution in [0, 0.1) is 0 Å². The number of rotatable bonds is 11. The Bertz CT molecular complexity index is 1500. The van der Waals surface area contributed by atoms with Crippen molar-refractivity contribution in [2.45, 2.75) is 32.9 Å². The number of benzene rings is 1. The number of piperazine rings is 1. The summed E-state index contributed by atoms with van der Waals surface area (Å²) in [5.41, 5.74) is 1.09. The third-order valence-electron chi connectivity index (χ3n) is 7.07. The third-order valence-corrected chi connectivity index (χ3v) is 7.07. The van der Waals surface area contributed by atoms with Crippen LogP contribution in [0.2, 0.25) is 0 Å². The van der Waals surface area contributed by atoms with Gasteiger partial charge in [-0.1, -0.05) is 6.08 Å². The van der Waals surface area contributed by atoms with Crippen LogP contribution < -0.4 is 15.8 Å². The number of allylic oxidation sites excluding steroid dienone is 4. The molecular weight excluding hydrogens is 530 g/mol. The molecule has 1 fully saturated rings. The van der Waals surface area contributed by atoms with Gasteiger partial charge in [0.15, 0.2) is 11.9 Å². The molecule has 1 N–H and O–H groups in total. The first-order valence-corrected chi connectivity index (χ1v) is 13.4. The number of aromatic nitrogens is 4. The Balaban J connectivity index is 1.77. The molecule has 1 saturated heterocycles. The second-order valence-electron chi connectivity index (χ2n) is 10.3. The predicted octanol–water partition coefficient (Wildman–Crippen LogP) is 3.80. The maximum Gasteiger partial charge on any atom is 0.278 e. The molecule has 0 spiro atoms. The number of nitrogens with zero attached hydrogens (tertiary/aromatic N) is 7. The molecular formula is C29H36F2N8O2. The summed E-state index contributed by atoms with van der Waals surface area (Å²) in [7, 11) is 3.89. The zero-order chi connectivity index (χ0) is 29.7. The zero-order valence-electron chi connectivity index (χ0n) is 23.8. The minimum Gasteiger partial charge on any atom is -0.376 e. The van der Waals surface area contributed by atoms with Crippen molar-refractivity contribution < 1.29 is 13.6 Å². The number of hydrogen-bond acceptors (Lipinski definition) is 8. The van der Waals surface area contributed by atoms with Gasteiger partial charge in [0.05, 0.1) is 17.8 Å². The SMILES string of the molecule is C=CCn1c(=O)c2cnc(Nc3ccc(N4CCN(C)CC4)cc3)nc2n1C(/C=C(\C=O)C(F)F)=C/N(C)C(C)C. The van der Waals surface area contributed by atoms with Gasteiger partial charge in [-0.2, -0.15) is 4.98 Å². The average Bonchev–Trinajstić information content (AvgIpc) is 3.22. The molecule has 218 valence electrons. The summed E-state index contributed by atoms with van der Waals surface area (Å²) in [5, 5.41) is 3.37. The van der Waals surface area contributed by atoms with Gasteiger partial charge in [0.25, 0.3) is 12.0 Å². The molecule has 0 amide bonds.